The van der Waals surface area contributed by atoms with Crippen LogP contribution in [0.2, 0.25) is 0 Å². The van der Waals surface area contributed by atoms with Crippen LogP contribution in [-0.2, 0) is 14.8 Å². The van der Waals surface area contributed by atoms with Crippen molar-refractivity contribution in [2.45, 2.75) is 25.3 Å². The van der Waals surface area contributed by atoms with Gasteiger partial charge in [-0.15, -0.1) is 0 Å². The molecule has 1 atom stereocenters. The van der Waals surface area contributed by atoms with E-state index in [1.54, 1.807) is 4.31 Å². The molecule has 5 nitrogen and oxygen atoms in total. The van der Waals surface area contributed by atoms with Gasteiger partial charge in [0, 0.05) is 32.3 Å². The number of rotatable bonds is 4. The SMILES string of the molecule is O=S1(=O)CCCN1CCNC1CCCOC1. The lowest BCUT2D eigenvalue weighted by Crippen LogP contribution is -2.41. The lowest BCUT2D eigenvalue weighted by atomic mass is 10.1. The molecule has 0 amide bonds. The van der Waals surface area contributed by atoms with Crippen molar-refractivity contribution in [2.75, 3.05) is 38.6 Å². The number of ether oxygens (including phenoxy) is 1. The van der Waals surface area contributed by atoms with Crippen LogP contribution in [0.1, 0.15) is 19.3 Å². The predicted molar refractivity (Wildman–Crippen MR) is 61.8 cm³/mol. The lowest BCUT2D eigenvalue weighted by Gasteiger charge is -2.24. The van der Waals surface area contributed by atoms with Crippen LogP contribution in [0.5, 0.6) is 0 Å². The molecule has 0 saturated carbocycles. The zero-order chi connectivity index (χ0) is 11.4. The Bertz CT molecular complexity index is 312. The summed E-state index contributed by atoms with van der Waals surface area (Å²) < 4.78 is 30.0. The second kappa shape index (κ2) is 5.44. The maximum Gasteiger partial charge on any atom is 0.214 e. The number of sulfonamides is 1. The zero-order valence-corrected chi connectivity index (χ0v) is 10.3. The highest BCUT2D eigenvalue weighted by atomic mass is 32.2. The van der Waals surface area contributed by atoms with Crippen LogP contribution < -0.4 is 5.32 Å². The summed E-state index contributed by atoms with van der Waals surface area (Å²) >= 11 is 0. The molecular formula is C10H20N2O3S. The normalized spacial score (nSPS) is 30.6. The van der Waals surface area contributed by atoms with Crippen LogP contribution >= 0.6 is 0 Å². The average Bonchev–Trinajstić information content (AvgIpc) is 2.60. The molecule has 2 saturated heterocycles. The first-order chi connectivity index (χ1) is 7.68. The summed E-state index contributed by atoms with van der Waals surface area (Å²) in [5.74, 6) is 0.319. The molecule has 2 rings (SSSR count). The van der Waals surface area contributed by atoms with Crippen LogP contribution in [-0.4, -0.2) is 57.4 Å². The number of hydrogen-bond acceptors (Lipinski definition) is 4. The molecule has 0 aromatic heterocycles. The van der Waals surface area contributed by atoms with Crippen LogP contribution in [0.3, 0.4) is 0 Å². The fourth-order valence-corrected chi connectivity index (χ4v) is 3.77. The van der Waals surface area contributed by atoms with Crippen LogP contribution in [0, 0.1) is 0 Å². The average molecular weight is 248 g/mol. The summed E-state index contributed by atoms with van der Waals surface area (Å²) in [5, 5.41) is 3.36. The van der Waals surface area contributed by atoms with E-state index >= 15 is 0 Å². The van der Waals surface area contributed by atoms with Crippen molar-refractivity contribution in [1.29, 1.82) is 0 Å². The van der Waals surface area contributed by atoms with Gasteiger partial charge in [-0.25, -0.2) is 12.7 Å². The highest BCUT2D eigenvalue weighted by molar-refractivity contribution is 7.89. The Morgan fingerprint density at radius 2 is 2.25 bits per heavy atom. The molecule has 0 aromatic carbocycles. The Morgan fingerprint density at radius 1 is 1.38 bits per heavy atom. The summed E-state index contributed by atoms with van der Waals surface area (Å²) in [4.78, 5) is 0. The first-order valence-electron chi connectivity index (χ1n) is 5.97. The molecule has 16 heavy (non-hydrogen) atoms. The summed E-state index contributed by atoms with van der Waals surface area (Å²) in [6.07, 6.45) is 3.00. The van der Waals surface area contributed by atoms with Crippen molar-refractivity contribution in [3.05, 3.63) is 0 Å². The summed E-state index contributed by atoms with van der Waals surface area (Å²) in [5.41, 5.74) is 0. The highest BCUT2D eigenvalue weighted by Crippen LogP contribution is 2.12. The molecule has 94 valence electrons. The van der Waals surface area contributed by atoms with Crippen molar-refractivity contribution in [3.63, 3.8) is 0 Å². The van der Waals surface area contributed by atoms with E-state index in [4.69, 9.17) is 4.74 Å². The Labute approximate surface area is 97.2 Å². The standard InChI is InChI=1S/C10H20N2O3S/c13-16(14)8-2-5-12(16)6-4-11-10-3-1-7-15-9-10/h10-11H,1-9H2. The van der Waals surface area contributed by atoms with Crippen molar-refractivity contribution >= 4 is 10.0 Å². The fraction of sp³-hybridized carbons (Fsp3) is 1.00. The molecule has 0 aromatic rings. The largest absolute Gasteiger partial charge is 0.380 e. The molecule has 2 aliphatic rings. The highest BCUT2D eigenvalue weighted by Gasteiger charge is 2.27. The first kappa shape index (κ1) is 12.3. The van der Waals surface area contributed by atoms with Crippen molar-refractivity contribution in [2.24, 2.45) is 0 Å². The molecule has 0 aliphatic carbocycles. The number of hydrogen-bond donors (Lipinski definition) is 1. The van der Waals surface area contributed by atoms with Crippen LogP contribution in [0.15, 0.2) is 0 Å². The van der Waals surface area contributed by atoms with E-state index in [1.165, 1.54) is 0 Å². The Balaban J connectivity index is 1.67. The van der Waals surface area contributed by atoms with E-state index in [0.29, 0.717) is 24.9 Å². The van der Waals surface area contributed by atoms with E-state index in [-0.39, 0.29) is 0 Å². The number of nitrogens with zero attached hydrogens (tertiary/aromatic N) is 1. The van der Waals surface area contributed by atoms with Crippen molar-refractivity contribution in [3.8, 4) is 0 Å². The van der Waals surface area contributed by atoms with Gasteiger partial charge in [-0.1, -0.05) is 0 Å². The monoisotopic (exact) mass is 248 g/mol. The van der Waals surface area contributed by atoms with Gasteiger partial charge in [-0.3, -0.25) is 0 Å². The minimum atomic E-state index is -2.93. The van der Waals surface area contributed by atoms with E-state index < -0.39 is 10.0 Å². The van der Waals surface area contributed by atoms with E-state index in [2.05, 4.69) is 5.32 Å². The third kappa shape index (κ3) is 3.16. The van der Waals surface area contributed by atoms with Crippen molar-refractivity contribution < 1.29 is 13.2 Å². The zero-order valence-electron chi connectivity index (χ0n) is 9.52. The van der Waals surface area contributed by atoms with E-state index in [9.17, 15) is 8.42 Å². The molecule has 6 heteroatoms. The Kier molecular flexibility index (Phi) is 4.18. The van der Waals surface area contributed by atoms with Gasteiger partial charge in [0.05, 0.1) is 12.4 Å². The second-order valence-electron chi connectivity index (χ2n) is 4.44. The predicted octanol–water partition coefficient (Wildman–Crippen LogP) is -0.209. The lowest BCUT2D eigenvalue weighted by molar-refractivity contribution is 0.0703. The fourth-order valence-electron chi connectivity index (χ4n) is 2.24. The summed E-state index contributed by atoms with van der Waals surface area (Å²) in [6.45, 7) is 3.63. The molecule has 2 heterocycles. The van der Waals surface area contributed by atoms with Gasteiger partial charge in [0.2, 0.25) is 10.0 Å². The molecule has 0 spiro atoms. The van der Waals surface area contributed by atoms with Gasteiger partial charge in [-0.2, -0.15) is 0 Å². The minimum absolute atomic E-state index is 0.319. The quantitative estimate of drug-likeness (QED) is 0.748. The van der Waals surface area contributed by atoms with Gasteiger partial charge >= 0.3 is 0 Å². The Hall–Kier alpha value is -0.170. The second-order valence-corrected chi connectivity index (χ2v) is 6.53. The van der Waals surface area contributed by atoms with E-state index in [1.807, 2.05) is 0 Å². The molecule has 0 radical (unpaired) electrons. The molecule has 1 unspecified atom stereocenters. The molecule has 1 N–H and O–H groups in total. The van der Waals surface area contributed by atoms with E-state index in [0.717, 1.165) is 39.0 Å². The molecular weight excluding hydrogens is 228 g/mol. The summed E-state index contributed by atoms with van der Waals surface area (Å²) in [6, 6.07) is 0.402. The molecule has 0 bridgehead atoms. The van der Waals surface area contributed by atoms with Crippen LogP contribution in [0.25, 0.3) is 0 Å². The maximum atomic E-state index is 11.5. The van der Waals surface area contributed by atoms with Crippen LogP contribution in [0.4, 0.5) is 0 Å². The minimum Gasteiger partial charge on any atom is -0.380 e. The topological polar surface area (TPSA) is 58.6 Å². The van der Waals surface area contributed by atoms with Crippen molar-refractivity contribution in [1.82, 2.24) is 9.62 Å². The number of nitrogens with one attached hydrogen (secondary N) is 1. The van der Waals surface area contributed by atoms with Gasteiger partial charge in [0.25, 0.3) is 0 Å². The van der Waals surface area contributed by atoms with Gasteiger partial charge in [0.15, 0.2) is 0 Å². The smallest absolute Gasteiger partial charge is 0.214 e. The Morgan fingerprint density at radius 3 is 2.88 bits per heavy atom. The first-order valence-corrected chi connectivity index (χ1v) is 7.58. The third-order valence-electron chi connectivity index (χ3n) is 3.16. The maximum absolute atomic E-state index is 11.5. The molecule has 2 fully saturated rings. The molecule has 2 aliphatic heterocycles. The third-order valence-corrected chi connectivity index (χ3v) is 5.11. The summed E-state index contributed by atoms with van der Waals surface area (Å²) in [7, 11) is -2.93. The van der Waals surface area contributed by atoms with Gasteiger partial charge in [-0.05, 0) is 19.3 Å². The van der Waals surface area contributed by atoms with Gasteiger partial charge < -0.3 is 10.1 Å². The van der Waals surface area contributed by atoms with Gasteiger partial charge in [0.1, 0.15) is 0 Å².